The summed E-state index contributed by atoms with van der Waals surface area (Å²) in [5, 5.41) is 0. The van der Waals surface area contributed by atoms with Gasteiger partial charge in [-0.05, 0) is 44.6 Å². The molecular weight excluding hydrogens is 280 g/mol. The summed E-state index contributed by atoms with van der Waals surface area (Å²) >= 11 is 0. The lowest BCUT2D eigenvalue weighted by atomic mass is 10.0. The Hall–Kier alpha value is -1.75. The number of ether oxygens (including phenoxy) is 2. The van der Waals surface area contributed by atoms with E-state index in [-0.39, 0.29) is 12.0 Å². The maximum Gasteiger partial charge on any atom is 0.338 e. The molecule has 0 heterocycles. The zero-order valence-corrected chi connectivity index (χ0v) is 14.3. The molecule has 5 nitrogen and oxygen atoms in total. The average molecular weight is 308 g/mol. The van der Waals surface area contributed by atoms with E-state index in [1.807, 2.05) is 21.0 Å². The number of hydrogen-bond acceptors (Lipinski definition) is 5. The van der Waals surface area contributed by atoms with Crippen LogP contribution in [0.5, 0.6) is 5.75 Å². The van der Waals surface area contributed by atoms with E-state index in [0.29, 0.717) is 36.1 Å². The van der Waals surface area contributed by atoms with Gasteiger partial charge in [0.2, 0.25) is 0 Å². The second-order valence-electron chi connectivity index (χ2n) is 5.97. The van der Waals surface area contributed by atoms with Crippen LogP contribution in [0.25, 0.3) is 0 Å². The van der Waals surface area contributed by atoms with Crippen LogP contribution in [0.4, 0.5) is 5.69 Å². The first-order chi connectivity index (χ1) is 10.4. The molecule has 0 bridgehead atoms. The number of rotatable bonds is 8. The molecule has 5 heteroatoms. The fourth-order valence-corrected chi connectivity index (χ4v) is 2.18. The van der Waals surface area contributed by atoms with E-state index < -0.39 is 0 Å². The van der Waals surface area contributed by atoms with Crippen molar-refractivity contribution in [3.05, 3.63) is 23.8 Å². The molecule has 0 fully saturated rings. The fraction of sp³-hybridized carbons (Fsp3) is 0.588. The molecule has 22 heavy (non-hydrogen) atoms. The lowest BCUT2D eigenvalue weighted by Crippen LogP contribution is -2.37. The van der Waals surface area contributed by atoms with Crippen LogP contribution in [0.2, 0.25) is 0 Å². The Morgan fingerprint density at radius 3 is 2.55 bits per heavy atom. The quantitative estimate of drug-likeness (QED) is 0.591. The highest BCUT2D eigenvalue weighted by molar-refractivity contribution is 5.90. The van der Waals surface area contributed by atoms with Crippen LogP contribution in [0.3, 0.4) is 0 Å². The lowest BCUT2D eigenvalue weighted by Gasteiger charge is -2.27. The fourth-order valence-electron chi connectivity index (χ4n) is 2.18. The highest BCUT2D eigenvalue weighted by Gasteiger charge is 2.19. The molecule has 0 saturated carbocycles. The van der Waals surface area contributed by atoms with Crippen LogP contribution in [-0.4, -0.2) is 44.2 Å². The molecule has 0 aliphatic heterocycles. The molecular formula is C17H28N2O3. The van der Waals surface area contributed by atoms with Crippen LogP contribution in [0, 0.1) is 5.92 Å². The largest absolute Gasteiger partial charge is 0.491 e. The van der Waals surface area contributed by atoms with Gasteiger partial charge in [0, 0.05) is 6.04 Å². The highest BCUT2D eigenvalue weighted by Crippen LogP contribution is 2.23. The van der Waals surface area contributed by atoms with E-state index in [1.165, 1.54) is 0 Å². The van der Waals surface area contributed by atoms with Crippen molar-refractivity contribution in [1.82, 2.24) is 4.90 Å². The summed E-state index contributed by atoms with van der Waals surface area (Å²) in [4.78, 5) is 14.3. The molecule has 0 saturated heterocycles. The van der Waals surface area contributed by atoms with Crippen molar-refractivity contribution >= 4 is 11.7 Å². The van der Waals surface area contributed by atoms with Crippen molar-refractivity contribution in [2.24, 2.45) is 5.92 Å². The number of nitrogens with zero attached hydrogens (tertiary/aromatic N) is 1. The number of carbonyl (C=O) groups is 1. The predicted octanol–water partition coefficient (Wildman–Crippen LogP) is 2.80. The van der Waals surface area contributed by atoms with Crippen LogP contribution >= 0.6 is 0 Å². The van der Waals surface area contributed by atoms with Gasteiger partial charge in [-0.2, -0.15) is 0 Å². The summed E-state index contributed by atoms with van der Waals surface area (Å²) < 4.78 is 11.0. The molecule has 0 spiro atoms. The van der Waals surface area contributed by atoms with Crippen molar-refractivity contribution in [2.75, 3.05) is 33.0 Å². The van der Waals surface area contributed by atoms with Gasteiger partial charge in [0.05, 0.1) is 17.9 Å². The number of benzene rings is 1. The Morgan fingerprint density at radius 2 is 2.00 bits per heavy atom. The van der Waals surface area contributed by atoms with Gasteiger partial charge in [-0.1, -0.05) is 20.8 Å². The Morgan fingerprint density at radius 1 is 1.32 bits per heavy atom. The van der Waals surface area contributed by atoms with Crippen LogP contribution in [0.15, 0.2) is 18.2 Å². The van der Waals surface area contributed by atoms with Crippen molar-refractivity contribution < 1.29 is 14.3 Å². The molecule has 0 aromatic heterocycles. The van der Waals surface area contributed by atoms with Crippen LogP contribution in [0.1, 0.15) is 37.6 Å². The summed E-state index contributed by atoms with van der Waals surface area (Å²) in [6.45, 7) is 7.16. The Labute approximate surface area is 133 Å². The van der Waals surface area contributed by atoms with E-state index in [9.17, 15) is 4.79 Å². The number of carbonyl (C=O) groups excluding carboxylic acids is 1. The molecule has 1 rings (SSSR count). The summed E-state index contributed by atoms with van der Waals surface area (Å²) in [6.07, 6.45) is 0.882. The minimum absolute atomic E-state index is 0.188. The standard InChI is InChI=1S/C17H28N2O3/c1-6-9-21-16-10-13(7-8-14(16)18)17(20)22-11-15(12(2)3)19(4)5/h7-8,10,12,15H,6,9,11,18H2,1-5H3/t15-/m1/s1. The number of anilines is 1. The molecule has 2 N–H and O–H groups in total. The second-order valence-corrected chi connectivity index (χ2v) is 5.97. The highest BCUT2D eigenvalue weighted by atomic mass is 16.5. The van der Waals surface area contributed by atoms with Crippen molar-refractivity contribution in [3.8, 4) is 5.75 Å². The first kappa shape index (κ1) is 18.3. The van der Waals surface area contributed by atoms with Crippen LogP contribution < -0.4 is 10.5 Å². The molecule has 0 unspecified atom stereocenters. The molecule has 0 aliphatic rings. The molecule has 0 amide bonds. The van der Waals surface area contributed by atoms with Crippen LogP contribution in [-0.2, 0) is 4.74 Å². The molecule has 0 aliphatic carbocycles. The van der Waals surface area contributed by atoms with E-state index >= 15 is 0 Å². The number of nitrogen functional groups attached to an aromatic ring is 1. The maximum absolute atomic E-state index is 12.2. The van der Waals surface area contributed by atoms with Gasteiger partial charge < -0.3 is 20.1 Å². The van der Waals surface area contributed by atoms with Gasteiger partial charge in [-0.15, -0.1) is 0 Å². The van der Waals surface area contributed by atoms with Gasteiger partial charge in [0.25, 0.3) is 0 Å². The maximum atomic E-state index is 12.2. The summed E-state index contributed by atoms with van der Waals surface area (Å²) in [5.74, 6) is 0.579. The summed E-state index contributed by atoms with van der Waals surface area (Å²) in [5.41, 5.74) is 6.83. The number of nitrogens with two attached hydrogens (primary N) is 1. The van der Waals surface area contributed by atoms with E-state index in [0.717, 1.165) is 6.42 Å². The van der Waals surface area contributed by atoms with E-state index in [2.05, 4.69) is 18.7 Å². The third kappa shape index (κ3) is 5.22. The molecule has 124 valence electrons. The predicted molar refractivity (Wildman–Crippen MR) is 89.2 cm³/mol. The van der Waals surface area contributed by atoms with Gasteiger partial charge in [0.1, 0.15) is 12.4 Å². The third-order valence-electron chi connectivity index (χ3n) is 3.53. The normalized spacial score (nSPS) is 12.5. The lowest BCUT2D eigenvalue weighted by molar-refractivity contribution is 0.0350. The molecule has 0 radical (unpaired) electrons. The molecule has 1 atom stereocenters. The number of esters is 1. The van der Waals surface area contributed by atoms with Crippen molar-refractivity contribution in [2.45, 2.75) is 33.2 Å². The third-order valence-corrected chi connectivity index (χ3v) is 3.53. The number of hydrogen-bond donors (Lipinski definition) is 1. The average Bonchev–Trinajstić information content (AvgIpc) is 2.45. The monoisotopic (exact) mass is 308 g/mol. The molecule has 1 aromatic rings. The molecule has 1 aromatic carbocycles. The zero-order chi connectivity index (χ0) is 16.7. The Kier molecular flexibility index (Phi) is 7.18. The van der Waals surface area contributed by atoms with E-state index in [1.54, 1.807) is 18.2 Å². The van der Waals surface area contributed by atoms with Crippen molar-refractivity contribution in [1.29, 1.82) is 0 Å². The smallest absolute Gasteiger partial charge is 0.338 e. The van der Waals surface area contributed by atoms with Gasteiger partial charge >= 0.3 is 5.97 Å². The first-order valence-electron chi connectivity index (χ1n) is 7.72. The second kappa shape index (κ2) is 8.63. The Bertz CT molecular complexity index is 479. The van der Waals surface area contributed by atoms with Gasteiger partial charge in [-0.25, -0.2) is 4.79 Å². The minimum atomic E-state index is -0.353. The SMILES string of the molecule is CCCOc1cc(C(=O)OC[C@H](C(C)C)N(C)C)ccc1N. The summed E-state index contributed by atoms with van der Waals surface area (Å²) in [7, 11) is 3.97. The first-order valence-corrected chi connectivity index (χ1v) is 7.72. The minimum Gasteiger partial charge on any atom is -0.491 e. The van der Waals surface area contributed by atoms with E-state index in [4.69, 9.17) is 15.2 Å². The van der Waals surface area contributed by atoms with Gasteiger partial charge in [0.15, 0.2) is 0 Å². The zero-order valence-electron chi connectivity index (χ0n) is 14.3. The van der Waals surface area contributed by atoms with Gasteiger partial charge in [-0.3, -0.25) is 0 Å². The summed E-state index contributed by atoms with van der Waals surface area (Å²) in [6, 6.07) is 5.17. The van der Waals surface area contributed by atoms with Crippen molar-refractivity contribution in [3.63, 3.8) is 0 Å². The topological polar surface area (TPSA) is 64.8 Å². The Balaban J connectivity index is 2.73. The number of likely N-dealkylation sites (N-methyl/N-ethyl adjacent to an activating group) is 1.